The maximum Gasteiger partial charge on any atom is 0.0945 e. The largest absolute Gasteiger partial charge is 0.328 e. The Bertz CT molecular complexity index is 233. The van der Waals surface area contributed by atoms with Crippen molar-refractivity contribution in [3.8, 4) is 0 Å². The molecule has 0 aromatic carbocycles. The maximum absolute atomic E-state index is 2.44. The molecule has 0 amide bonds. The van der Waals surface area contributed by atoms with Crippen LogP contribution >= 0.6 is 0 Å². The fraction of sp³-hybridized carbons (Fsp3) is 1.00. The van der Waals surface area contributed by atoms with Gasteiger partial charge in [-0.3, -0.25) is 0 Å². The van der Waals surface area contributed by atoms with Crippen LogP contribution < -0.4 is 0 Å². The highest BCUT2D eigenvalue weighted by molar-refractivity contribution is 4.73. The highest BCUT2D eigenvalue weighted by Gasteiger charge is 2.39. The fourth-order valence-corrected chi connectivity index (χ4v) is 3.68. The Morgan fingerprint density at radius 3 is 2.40 bits per heavy atom. The zero-order chi connectivity index (χ0) is 11.1. The van der Waals surface area contributed by atoms with Crippen LogP contribution in [0.1, 0.15) is 25.7 Å². The lowest BCUT2D eigenvalue weighted by molar-refractivity contribution is -0.922. The van der Waals surface area contributed by atoms with Gasteiger partial charge >= 0.3 is 0 Å². The molecular formula is C13H28N2+2. The summed E-state index contributed by atoms with van der Waals surface area (Å²) in [4.78, 5) is 0. The first-order valence-electron chi connectivity index (χ1n) is 6.54. The van der Waals surface area contributed by atoms with E-state index in [0.717, 1.165) is 12.0 Å². The summed E-state index contributed by atoms with van der Waals surface area (Å²) in [6.07, 6.45) is 5.82. The average molecular weight is 212 g/mol. The van der Waals surface area contributed by atoms with Gasteiger partial charge in [0.05, 0.1) is 53.9 Å². The molecule has 2 rings (SSSR count). The predicted molar refractivity (Wildman–Crippen MR) is 64.6 cm³/mol. The number of hydrogen-bond donors (Lipinski definition) is 0. The molecule has 2 bridgehead atoms. The van der Waals surface area contributed by atoms with E-state index in [9.17, 15) is 0 Å². The second kappa shape index (κ2) is 3.74. The third-order valence-corrected chi connectivity index (χ3v) is 4.76. The number of quaternary nitrogens is 2. The molecule has 2 nitrogen and oxygen atoms in total. The van der Waals surface area contributed by atoms with E-state index in [4.69, 9.17) is 0 Å². The Balaban J connectivity index is 2.16. The third-order valence-electron chi connectivity index (χ3n) is 4.76. The van der Waals surface area contributed by atoms with Gasteiger partial charge in [0, 0.05) is 18.8 Å². The van der Waals surface area contributed by atoms with E-state index in [-0.39, 0.29) is 0 Å². The lowest BCUT2D eigenvalue weighted by atomic mass is 9.96. The van der Waals surface area contributed by atoms with Gasteiger partial charge in [-0.15, -0.1) is 0 Å². The van der Waals surface area contributed by atoms with Gasteiger partial charge in [0.25, 0.3) is 0 Å². The number of rotatable bonds is 0. The maximum atomic E-state index is 2.44. The van der Waals surface area contributed by atoms with Gasteiger partial charge in [0.1, 0.15) is 0 Å². The van der Waals surface area contributed by atoms with E-state index in [1.165, 1.54) is 54.3 Å². The van der Waals surface area contributed by atoms with Crippen molar-refractivity contribution in [3.05, 3.63) is 0 Å². The zero-order valence-electron chi connectivity index (χ0n) is 11.0. The van der Waals surface area contributed by atoms with Crippen molar-refractivity contribution in [1.29, 1.82) is 0 Å². The van der Waals surface area contributed by atoms with E-state index >= 15 is 0 Å². The summed E-state index contributed by atoms with van der Waals surface area (Å²) >= 11 is 0. The van der Waals surface area contributed by atoms with Gasteiger partial charge in [-0.05, 0) is 12.8 Å². The topological polar surface area (TPSA) is 0 Å². The predicted octanol–water partition coefficient (Wildman–Crippen LogP) is 1.71. The summed E-state index contributed by atoms with van der Waals surface area (Å²) in [6.45, 7) is 4.19. The molecule has 88 valence electrons. The minimum absolute atomic E-state index is 0.928. The Labute approximate surface area is 95.0 Å². The first-order valence-corrected chi connectivity index (χ1v) is 6.54. The Kier molecular flexibility index (Phi) is 2.85. The normalized spacial score (nSPS) is 39.2. The fourth-order valence-electron chi connectivity index (χ4n) is 3.68. The van der Waals surface area contributed by atoms with E-state index in [0.29, 0.717) is 0 Å². The molecule has 0 saturated carbocycles. The Morgan fingerprint density at radius 1 is 0.933 bits per heavy atom. The standard InChI is InChI=1S/C13H28N2/c1-14(2)9-7-13-10-12(11-14)6-5-8-15(13,3)4/h12-13H,5-11H2,1-4H3/q+2. The van der Waals surface area contributed by atoms with Crippen LogP contribution in [0.2, 0.25) is 0 Å². The quantitative estimate of drug-likeness (QED) is 0.536. The molecule has 0 aromatic heterocycles. The molecule has 2 aliphatic heterocycles. The zero-order valence-corrected chi connectivity index (χ0v) is 11.0. The van der Waals surface area contributed by atoms with Crippen molar-refractivity contribution in [2.75, 3.05) is 47.8 Å². The molecule has 2 unspecified atom stereocenters. The summed E-state index contributed by atoms with van der Waals surface area (Å²) in [5, 5.41) is 0. The van der Waals surface area contributed by atoms with Gasteiger partial charge < -0.3 is 8.97 Å². The summed E-state index contributed by atoms with van der Waals surface area (Å²) in [5.41, 5.74) is 0. The first kappa shape index (κ1) is 11.4. The number of likely N-dealkylation sites (tertiary alicyclic amines) is 2. The molecular weight excluding hydrogens is 184 g/mol. The Morgan fingerprint density at radius 2 is 1.67 bits per heavy atom. The summed E-state index contributed by atoms with van der Waals surface area (Å²) in [5.74, 6) is 0.993. The second-order valence-electron chi connectivity index (χ2n) is 7.03. The molecule has 0 aliphatic carbocycles. The molecule has 2 aliphatic rings. The highest BCUT2D eigenvalue weighted by Crippen LogP contribution is 2.32. The van der Waals surface area contributed by atoms with Crippen molar-refractivity contribution in [2.24, 2.45) is 5.92 Å². The van der Waals surface area contributed by atoms with Gasteiger partial charge in [0.2, 0.25) is 0 Å². The first-order chi connectivity index (χ1) is 6.89. The lowest BCUT2D eigenvalue weighted by Gasteiger charge is -2.37. The van der Waals surface area contributed by atoms with E-state index < -0.39 is 0 Å². The number of fused-ring (bicyclic) bond motifs is 2. The average Bonchev–Trinajstić information content (AvgIpc) is 2.30. The minimum atomic E-state index is 0.928. The Hall–Kier alpha value is -0.0800. The van der Waals surface area contributed by atoms with Crippen molar-refractivity contribution in [3.63, 3.8) is 0 Å². The van der Waals surface area contributed by atoms with Crippen LogP contribution in [0, 0.1) is 5.92 Å². The van der Waals surface area contributed by atoms with Crippen LogP contribution in [0.4, 0.5) is 0 Å². The molecule has 2 fully saturated rings. The van der Waals surface area contributed by atoms with Gasteiger partial charge in [-0.2, -0.15) is 0 Å². The molecule has 2 heterocycles. The molecule has 2 heteroatoms. The van der Waals surface area contributed by atoms with Gasteiger partial charge in [0.15, 0.2) is 0 Å². The molecule has 2 atom stereocenters. The van der Waals surface area contributed by atoms with Crippen molar-refractivity contribution < 1.29 is 8.97 Å². The second-order valence-corrected chi connectivity index (χ2v) is 7.03. The van der Waals surface area contributed by atoms with E-state index in [1.54, 1.807) is 0 Å². The van der Waals surface area contributed by atoms with Crippen molar-refractivity contribution in [2.45, 2.75) is 31.7 Å². The third kappa shape index (κ3) is 2.54. The van der Waals surface area contributed by atoms with Crippen LogP contribution in [-0.2, 0) is 0 Å². The molecule has 0 radical (unpaired) electrons. The smallest absolute Gasteiger partial charge is 0.0945 e. The molecule has 15 heavy (non-hydrogen) atoms. The summed E-state index contributed by atoms with van der Waals surface area (Å²) in [7, 11) is 9.71. The number of nitrogens with zero attached hydrogens (tertiary/aromatic N) is 2. The summed E-state index contributed by atoms with van der Waals surface area (Å²) in [6, 6.07) is 0.928. The molecule has 0 N–H and O–H groups in total. The summed E-state index contributed by atoms with van der Waals surface area (Å²) < 4.78 is 2.53. The molecule has 2 saturated heterocycles. The van der Waals surface area contributed by atoms with Crippen LogP contribution in [-0.4, -0.2) is 62.8 Å². The van der Waals surface area contributed by atoms with Crippen LogP contribution in [0.25, 0.3) is 0 Å². The minimum Gasteiger partial charge on any atom is -0.328 e. The van der Waals surface area contributed by atoms with Gasteiger partial charge in [-0.25, -0.2) is 0 Å². The van der Waals surface area contributed by atoms with Crippen molar-refractivity contribution >= 4 is 0 Å². The van der Waals surface area contributed by atoms with Crippen LogP contribution in [0.5, 0.6) is 0 Å². The van der Waals surface area contributed by atoms with E-state index in [2.05, 4.69) is 28.2 Å². The molecule has 0 aromatic rings. The van der Waals surface area contributed by atoms with Crippen LogP contribution in [0.3, 0.4) is 0 Å². The number of hydrogen-bond acceptors (Lipinski definition) is 0. The van der Waals surface area contributed by atoms with Crippen LogP contribution in [0.15, 0.2) is 0 Å². The molecule has 0 spiro atoms. The highest BCUT2D eigenvalue weighted by atomic mass is 15.4. The lowest BCUT2D eigenvalue weighted by Crippen LogP contribution is -2.50. The monoisotopic (exact) mass is 212 g/mol. The van der Waals surface area contributed by atoms with Gasteiger partial charge in [-0.1, -0.05) is 0 Å². The van der Waals surface area contributed by atoms with Crippen molar-refractivity contribution in [1.82, 2.24) is 0 Å². The SMILES string of the molecule is C[N+]1(C)CCC2CC(CCC[N+]2(C)C)C1. The van der Waals surface area contributed by atoms with E-state index in [1.807, 2.05) is 0 Å².